The molecule has 0 spiro atoms. The number of hydrogen-bond donors (Lipinski definition) is 2. The zero-order valence-electron chi connectivity index (χ0n) is 13.1. The maximum atomic E-state index is 9.79. The van der Waals surface area contributed by atoms with Gasteiger partial charge < -0.3 is 20.1 Å². The molecule has 1 unspecified atom stereocenters. The molecule has 2 N–H and O–H groups in total. The predicted octanol–water partition coefficient (Wildman–Crippen LogP) is 1.63. The van der Waals surface area contributed by atoms with E-state index in [2.05, 4.69) is 17.3 Å². The highest BCUT2D eigenvalue weighted by Gasteiger charge is 2.19. The van der Waals surface area contributed by atoms with Crippen LogP contribution in [0.25, 0.3) is 0 Å². The van der Waals surface area contributed by atoms with E-state index in [0.717, 1.165) is 19.1 Å². The first-order valence-corrected chi connectivity index (χ1v) is 7.61. The van der Waals surface area contributed by atoms with E-state index in [0.29, 0.717) is 13.2 Å². The second-order valence-electron chi connectivity index (χ2n) is 6.70. The lowest BCUT2D eigenvalue weighted by Gasteiger charge is -2.25. The molecule has 0 aromatic rings. The van der Waals surface area contributed by atoms with Gasteiger partial charge in [0.05, 0.1) is 18.3 Å². The van der Waals surface area contributed by atoms with Crippen molar-refractivity contribution >= 4 is 0 Å². The van der Waals surface area contributed by atoms with Crippen molar-refractivity contribution in [2.75, 3.05) is 33.3 Å². The fourth-order valence-corrected chi connectivity index (χ4v) is 2.46. The molecule has 0 bridgehead atoms. The van der Waals surface area contributed by atoms with Crippen molar-refractivity contribution < 1.29 is 9.84 Å². The summed E-state index contributed by atoms with van der Waals surface area (Å²) < 4.78 is 5.55. The van der Waals surface area contributed by atoms with E-state index in [4.69, 9.17) is 4.74 Å². The summed E-state index contributed by atoms with van der Waals surface area (Å²) in [6, 6.07) is 0.774. The Morgan fingerprint density at radius 3 is 2.53 bits per heavy atom. The number of rotatable bonds is 8. The van der Waals surface area contributed by atoms with Gasteiger partial charge in [-0.25, -0.2) is 0 Å². The summed E-state index contributed by atoms with van der Waals surface area (Å²) in [5.41, 5.74) is -0.177. The molecular formula is C15H32N2O2. The topological polar surface area (TPSA) is 44.7 Å². The largest absolute Gasteiger partial charge is 0.389 e. The van der Waals surface area contributed by atoms with E-state index >= 15 is 0 Å². The maximum absolute atomic E-state index is 9.79. The Labute approximate surface area is 118 Å². The monoisotopic (exact) mass is 272 g/mol. The predicted molar refractivity (Wildman–Crippen MR) is 79.5 cm³/mol. The standard InChI is InChI=1S/C15H32N2O2/c1-15(2,3)19-12-14(18)11-16-9-10-17(4)13-7-5-6-8-13/h13-14,16,18H,5-12H2,1-4H3. The molecule has 1 aliphatic carbocycles. The highest BCUT2D eigenvalue weighted by molar-refractivity contribution is 4.75. The van der Waals surface area contributed by atoms with Crippen LogP contribution in [0.1, 0.15) is 46.5 Å². The Morgan fingerprint density at radius 2 is 1.95 bits per heavy atom. The highest BCUT2D eigenvalue weighted by Crippen LogP contribution is 2.21. The molecule has 1 saturated carbocycles. The molecule has 0 aliphatic heterocycles. The third kappa shape index (κ3) is 7.88. The summed E-state index contributed by atoms with van der Waals surface area (Å²) >= 11 is 0. The van der Waals surface area contributed by atoms with Crippen LogP contribution in [0.3, 0.4) is 0 Å². The van der Waals surface area contributed by atoms with Crippen LogP contribution in [-0.4, -0.2) is 61.0 Å². The molecule has 0 radical (unpaired) electrons. The van der Waals surface area contributed by atoms with Crippen molar-refractivity contribution in [2.24, 2.45) is 0 Å². The first-order valence-electron chi connectivity index (χ1n) is 7.61. The van der Waals surface area contributed by atoms with Gasteiger partial charge >= 0.3 is 0 Å². The number of aliphatic hydroxyl groups excluding tert-OH is 1. The lowest BCUT2D eigenvalue weighted by molar-refractivity contribution is -0.0478. The first kappa shape index (κ1) is 16.9. The average Bonchev–Trinajstić information content (AvgIpc) is 2.84. The van der Waals surface area contributed by atoms with Gasteiger partial charge in [-0.05, 0) is 40.7 Å². The Balaban J connectivity index is 2.00. The van der Waals surface area contributed by atoms with Crippen LogP contribution in [0.15, 0.2) is 0 Å². The number of aliphatic hydroxyl groups is 1. The molecule has 114 valence electrons. The average molecular weight is 272 g/mol. The number of nitrogens with zero attached hydrogens (tertiary/aromatic N) is 1. The smallest absolute Gasteiger partial charge is 0.0897 e. The second kappa shape index (κ2) is 8.20. The van der Waals surface area contributed by atoms with E-state index in [1.807, 2.05) is 20.8 Å². The van der Waals surface area contributed by atoms with Crippen molar-refractivity contribution in [1.29, 1.82) is 0 Å². The zero-order chi connectivity index (χ0) is 14.3. The van der Waals surface area contributed by atoms with Crippen molar-refractivity contribution in [3.05, 3.63) is 0 Å². The van der Waals surface area contributed by atoms with Gasteiger partial charge in [0.25, 0.3) is 0 Å². The number of ether oxygens (including phenoxy) is 1. The van der Waals surface area contributed by atoms with Gasteiger partial charge in [-0.15, -0.1) is 0 Å². The van der Waals surface area contributed by atoms with Gasteiger partial charge in [0.2, 0.25) is 0 Å². The van der Waals surface area contributed by atoms with E-state index in [1.54, 1.807) is 0 Å². The second-order valence-corrected chi connectivity index (χ2v) is 6.70. The third-order valence-corrected chi connectivity index (χ3v) is 3.68. The molecule has 4 heteroatoms. The van der Waals surface area contributed by atoms with Gasteiger partial charge in [0, 0.05) is 25.7 Å². The molecule has 1 atom stereocenters. The fourth-order valence-electron chi connectivity index (χ4n) is 2.46. The molecule has 4 nitrogen and oxygen atoms in total. The first-order chi connectivity index (χ1) is 8.88. The molecule has 1 aliphatic rings. The molecule has 0 heterocycles. The maximum Gasteiger partial charge on any atom is 0.0897 e. The molecule has 1 rings (SSSR count). The van der Waals surface area contributed by atoms with Crippen molar-refractivity contribution in [1.82, 2.24) is 10.2 Å². The lowest BCUT2D eigenvalue weighted by Crippen LogP contribution is -2.39. The minimum atomic E-state index is -0.420. The summed E-state index contributed by atoms with van der Waals surface area (Å²) in [5.74, 6) is 0. The Bertz CT molecular complexity index is 235. The molecular weight excluding hydrogens is 240 g/mol. The molecule has 0 saturated heterocycles. The fraction of sp³-hybridized carbons (Fsp3) is 1.00. The summed E-state index contributed by atoms with van der Waals surface area (Å²) in [6.45, 7) is 9.00. The zero-order valence-corrected chi connectivity index (χ0v) is 13.1. The minimum absolute atomic E-state index is 0.177. The number of nitrogens with one attached hydrogen (secondary N) is 1. The Kier molecular flexibility index (Phi) is 7.29. The van der Waals surface area contributed by atoms with E-state index in [9.17, 15) is 5.11 Å². The van der Waals surface area contributed by atoms with Crippen LogP contribution >= 0.6 is 0 Å². The van der Waals surface area contributed by atoms with Crippen molar-refractivity contribution in [3.8, 4) is 0 Å². The van der Waals surface area contributed by atoms with Gasteiger partial charge in [0.15, 0.2) is 0 Å². The van der Waals surface area contributed by atoms with Crippen LogP contribution in [-0.2, 0) is 4.74 Å². The summed E-state index contributed by atoms with van der Waals surface area (Å²) in [5, 5.41) is 13.1. The van der Waals surface area contributed by atoms with Gasteiger partial charge in [-0.2, -0.15) is 0 Å². The molecule has 1 fully saturated rings. The van der Waals surface area contributed by atoms with Crippen LogP contribution < -0.4 is 5.32 Å². The summed E-state index contributed by atoms with van der Waals surface area (Å²) in [7, 11) is 2.21. The van der Waals surface area contributed by atoms with Crippen LogP contribution in [0.4, 0.5) is 0 Å². The van der Waals surface area contributed by atoms with Crippen molar-refractivity contribution in [2.45, 2.75) is 64.2 Å². The lowest BCUT2D eigenvalue weighted by atomic mass is 10.2. The molecule has 19 heavy (non-hydrogen) atoms. The van der Waals surface area contributed by atoms with Gasteiger partial charge in [-0.3, -0.25) is 0 Å². The molecule has 0 aromatic heterocycles. The van der Waals surface area contributed by atoms with Crippen molar-refractivity contribution in [3.63, 3.8) is 0 Å². The summed E-state index contributed by atoms with van der Waals surface area (Å²) in [4.78, 5) is 2.44. The van der Waals surface area contributed by atoms with Crippen LogP contribution in [0, 0.1) is 0 Å². The van der Waals surface area contributed by atoms with E-state index in [1.165, 1.54) is 25.7 Å². The number of likely N-dealkylation sites (N-methyl/N-ethyl adjacent to an activating group) is 1. The quantitative estimate of drug-likeness (QED) is 0.659. The van der Waals surface area contributed by atoms with Gasteiger partial charge in [-0.1, -0.05) is 12.8 Å². The SMILES string of the molecule is CN(CCNCC(O)COC(C)(C)C)C1CCCC1. The van der Waals surface area contributed by atoms with Gasteiger partial charge in [0.1, 0.15) is 0 Å². The minimum Gasteiger partial charge on any atom is -0.389 e. The van der Waals surface area contributed by atoms with Crippen LogP contribution in [0.2, 0.25) is 0 Å². The Hall–Kier alpha value is -0.160. The third-order valence-electron chi connectivity index (χ3n) is 3.68. The van der Waals surface area contributed by atoms with E-state index in [-0.39, 0.29) is 5.60 Å². The molecule has 0 amide bonds. The normalized spacial score (nSPS) is 19.3. The summed E-state index contributed by atoms with van der Waals surface area (Å²) in [6.07, 6.45) is 5.03. The number of hydrogen-bond acceptors (Lipinski definition) is 4. The highest BCUT2D eigenvalue weighted by atomic mass is 16.5. The Morgan fingerprint density at radius 1 is 1.32 bits per heavy atom. The molecule has 0 aromatic carbocycles. The van der Waals surface area contributed by atoms with Crippen LogP contribution in [0.5, 0.6) is 0 Å². The van der Waals surface area contributed by atoms with E-state index < -0.39 is 6.10 Å².